The minimum absolute atomic E-state index is 0.0110. The van der Waals surface area contributed by atoms with Gasteiger partial charge < -0.3 is 46.5 Å². The molecule has 0 radical (unpaired) electrons. The molecule has 0 aliphatic rings. The van der Waals surface area contributed by atoms with Crippen LogP contribution < -0.4 is 26.6 Å². The Morgan fingerprint density at radius 1 is 0.918 bits per heavy atom. The van der Waals surface area contributed by atoms with Crippen molar-refractivity contribution in [1.82, 2.24) is 36.6 Å². The first-order valence-corrected chi connectivity index (χ1v) is 16.6. The Morgan fingerprint density at radius 2 is 1.55 bits per heavy atom. The Bertz CT molecular complexity index is 1350. The van der Waals surface area contributed by atoms with Gasteiger partial charge in [0.05, 0.1) is 24.2 Å². The highest BCUT2D eigenvalue weighted by Crippen LogP contribution is 2.12. The van der Waals surface area contributed by atoms with Gasteiger partial charge in [0.25, 0.3) is 0 Å². The van der Waals surface area contributed by atoms with Gasteiger partial charge in [0.1, 0.15) is 23.7 Å². The van der Waals surface area contributed by atoms with Gasteiger partial charge >= 0.3 is 18.1 Å². The average molecular weight is 688 g/mol. The lowest BCUT2D eigenvalue weighted by Gasteiger charge is -2.29. The predicted molar refractivity (Wildman–Crippen MR) is 182 cm³/mol. The molecule has 49 heavy (non-hydrogen) atoms. The number of alkyl carbamates (subject to hydrolysis) is 1. The van der Waals surface area contributed by atoms with Crippen LogP contribution in [0.2, 0.25) is 0 Å². The summed E-state index contributed by atoms with van der Waals surface area (Å²) in [5.74, 6) is -2.74. The van der Waals surface area contributed by atoms with Crippen LogP contribution in [0.25, 0.3) is 0 Å². The topological polar surface area (TPSA) is 224 Å². The van der Waals surface area contributed by atoms with Crippen LogP contribution >= 0.6 is 0 Å². The Morgan fingerprint density at radius 3 is 2.10 bits per heavy atom. The molecule has 0 spiro atoms. The van der Waals surface area contributed by atoms with Gasteiger partial charge in [-0.05, 0) is 44.6 Å². The summed E-state index contributed by atoms with van der Waals surface area (Å²) in [6, 6.07) is 4.05. The summed E-state index contributed by atoms with van der Waals surface area (Å²) in [6.45, 7) is 12.1. The molecule has 15 nitrogen and oxygen atoms in total. The monoisotopic (exact) mass is 687 g/mol. The fourth-order valence-corrected chi connectivity index (χ4v) is 4.92. The van der Waals surface area contributed by atoms with Gasteiger partial charge in [-0.25, -0.2) is 19.4 Å². The number of carbonyl (C=O) groups excluding carboxylic acids is 4. The summed E-state index contributed by atoms with van der Waals surface area (Å²) < 4.78 is 5.38. The fourth-order valence-electron chi connectivity index (χ4n) is 4.92. The lowest BCUT2D eigenvalue weighted by Crippen LogP contribution is -2.58. The number of ether oxygens (including phenoxy) is 1. The molecule has 0 fully saturated rings. The quantitative estimate of drug-likeness (QED) is 0.115. The van der Waals surface area contributed by atoms with Crippen LogP contribution in [-0.2, 0) is 32.0 Å². The van der Waals surface area contributed by atoms with Crippen molar-refractivity contribution in [1.29, 1.82) is 0 Å². The maximum Gasteiger partial charge on any atom is 0.408 e. The number of carboxylic acid groups (broad SMARTS) is 1. The van der Waals surface area contributed by atoms with Crippen LogP contribution in [0.5, 0.6) is 0 Å². The lowest BCUT2D eigenvalue weighted by atomic mass is 9.98. The maximum absolute atomic E-state index is 13.8. The van der Waals surface area contributed by atoms with Crippen LogP contribution in [0.15, 0.2) is 42.9 Å². The van der Waals surface area contributed by atoms with Gasteiger partial charge in [-0.2, -0.15) is 0 Å². The molecule has 2 rings (SSSR count). The van der Waals surface area contributed by atoms with Gasteiger partial charge in [-0.15, -0.1) is 0 Å². The second kappa shape index (κ2) is 19.4. The normalized spacial score (nSPS) is 15.1. The first kappa shape index (κ1) is 40.5. The minimum Gasteiger partial charge on any atom is -0.480 e. The lowest BCUT2D eigenvalue weighted by molar-refractivity contribution is -0.140. The number of benzene rings is 1. The zero-order chi connectivity index (χ0) is 36.7. The van der Waals surface area contributed by atoms with E-state index in [-0.39, 0.29) is 31.2 Å². The Labute approximate surface area is 287 Å². The van der Waals surface area contributed by atoms with E-state index >= 15 is 0 Å². The van der Waals surface area contributed by atoms with Crippen molar-refractivity contribution in [3.63, 3.8) is 0 Å². The third-order valence-corrected chi connectivity index (χ3v) is 7.65. The SMILES string of the molecule is CCC(C)[C@H](NC(=O)NCC(O)[C@H](CC(C)C)NC(=O)[C@H](Cc1c[nH]cn1)NC(=O)[C@H](Cc1ccccc1)NC(=O)OC(C)(C)C)C(=O)O. The van der Waals surface area contributed by atoms with Gasteiger partial charge in [0, 0.05) is 25.6 Å². The zero-order valence-electron chi connectivity index (χ0n) is 29.4. The van der Waals surface area contributed by atoms with Crippen molar-refractivity contribution in [2.24, 2.45) is 11.8 Å². The predicted octanol–water partition coefficient (Wildman–Crippen LogP) is 2.26. The molecular weight excluding hydrogens is 634 g/mol. The molecule has 5 amide bonds. The van der Waals surface area contributed by atoms with Crippen LogP contribution in [0.4, 0.5) is 9.59 Å². The third kappa shape index (κ3) is 15.0. The third-order valence-electron chi connectivity index (χ3n) is 7.65. The molecule has 1 heterocycles. The van der Waals surface area contributed by atoms with E-state index in [1.807, 2.05) is 39.0 Å². The molecule has 0 aliphatic carbocycles. The highest BCUT2D eigenvalue weighted by molar-refractivity contribution is 5.91. The zero-order valence-corrected chi connectivity index (χ0v) is 29.4. The number of aliphatic hydroxyl groups is 1. The number of carbonyl (C=O) groups is 5. The number of nitrogens with one attached hydrogen (secondary N) is 6. The van der Waals surface area contributed by atoms with Crippen molar-refractivity contribution < 1.29 is 38.9 Å². The number of aliphatic carboxylic acids is 1. The highest BCUT2D eigenvalue weighted by Gasteiger charge is 2.32. The fraction of sp³-hybridized carbons (Fsp3) is 0.588. The van der Waals surface area contributed by atoms with Crippen LogP contribution in [0.3, 0.4) is 0 Å². The van der Waals surface area contributed by atoms with Crippen molar-refractivity contribution in [3.8, 4) is 0 Å². The van der Waals surface area contributed by atoms with Gasteiger partial charge in [-0.1, -0.05) is 64.4 Å². The number of urea groups is 1. The molecular formula is C34H53N7O8. The number of nitrogens with zero attached hydrogens (tertiary/aromatic N) is 1. The number of H-pyrrole nitrogens is 1. The van der Waals surface area contributed by atoms with Gasteiger partial charge in [-0.3, -0.25) is 9.59 Å². The first-order chi connectivity index (χ1) is 23.0. The average Bonchev–Trinajstić information content (AvgIpc) is 3.53. The summed E-state index contributed by atoms with van der Waals surface area (Å²) >= 11 is 0. The van der Waals surface area contributed by atoms with Crippen molar-refractivity contribution in [2.75, 3.05) is 6.54 Å². The molecule has 272 valence electrons. The van der Waals surface area contributed by atoms with E-state index in [9.17, 15) is 34.2 Å². The molecule has 2 unspecified atom stereocenters. The largest absolute Gasteiger partial charge is 0.480 e. The number of carboxylic acids is 1. The standard InChI is InChI=1S/C34H53N7O8/c1-8-21(4)28(31(45)46)41-32(47)36-18-27(42)24(14-20(2)3)38-30(44)26(16-23-17-35-19-37-23)39-29(43)25(15-22-12-10-9-11-13-22)40-33(48)49-34(5,6)7/h9-13,17,19-21,24-28,42H,8,14-16,18H2,1-7H3,(H,35,37)(H,38,44)(H,39,43)(H,40,48)(H,45,46)(H2,36,41,47)/t21?,24-,25-,26-,27?,28-/m0/s1. The van der Waals surface area contributed by atoms with E-state index in [1.165, 1.54) is 6.33 Å². The second-order valence-electron chi connectivity index (χ2n) is 13.6. The molecule has 2 aromatic rings. The number of hydrogen-bond donors (Lipinski definition) is 8. The summed E-state index contributed by atoms with van der Waals surface area (Å²) in [7, 11) is 0. The number of aromatic amines is 1. The van der Waals surface area contributed by atoms with Crippen molar-refractivity contribution >= 4 is 29.9 Å². The number of aromatic nitrogens is 2. The molecule has 0 aliphatic heterocycles. The summed E-state index contributed by atoms with van der Waals surface area (Å²) in [5.41, 5.74) is 0.435. The van der Waals surface area contributed by atoms with Gasteiger partial charge in [0.2, 0.25) is 11.8 Å². The van der Waals surface area contributed by atoms with Crippen LogP contribution in [0.1, 0.15) is 72.6 Å². The van der Waals surface area contributed by atoms with Crippen molar-refractivity contribution in [2.45, 2.75) is 110 Å². The number of aliphatic hydroxyl groups excluding tert-OH is 1. The van der Waals surface area contributed by atoms with Crippen molar-refractivity contribution in [3.05, 3.63) is 54.1 Å². The van der Waals surface area contributed by atoms with E-state index in [0.717, 1.165) is 5.56 Å². The number of rotatable bonds is 18. The molecule has 1 aromatic heterocycles. The molecule has 0 saturated heterocycles. The highest BCUT2D eigenvalue weighted by atomic mass is 16.6. The molecule has 0 saturated carbocycles. The van der Waals surface area contributed by atoms with Crippen LogP contribution in [0, 0.1) is 11.8 Å². The minimum atomic E-state index is -1.26. The summed E-state index contributed by atoms with van der Waals surface area (Å²) in [4.78, 5) is 71.4. The first-order valence-electron chi connectivity index (χ1n) is 16.6. The van der Waals surface area contributed by atoms with E-state index < -0.39 is 65.8 Å². The number of imidazole rings is 1. The molecule has 15 heteroatoms. The van der Waals surface area contributed by atoms with E-state index in [2.05, 4.69) is 36.6 Å². The molecule has 6 atom stereocenters. The van der Waals surface area contributed by atoms with Gasteiger partial charge in [0.15, 0.2) is 0 Å². The maximum atomic E-state index is 13.8. The van der Waals surface area contributed by atoms with E-state index in [0.29, 0.717) is 18.5 Å². The van der Waals surface area contributed by atoms with E-state index in [4.69, 9.17) is 4.74 Å². The number of amides is 5. The second-order valence-corrected chi connectivity index (χ2v) is 13.6. The van der Waals surface area contributed by atoms with Crippen LogP contribution in [-0.4, -0.2) is 92.5 Å². The molecule has 1 aromatic carbocycles. The smallest absolute Gasteiger partial charge is 0.408 e. The van der Waals surface area contributed by atoms with E-state index in [1.54, 1.807) is 46.0 Å². The Kier molecular flexibility index (Phi) is 16.0. The molecule has 8 N–H and O–H groups in total. The summed E-state index contributed by atoms with van der Waals surface area (Å²) in [5, 5.41) is 33.7. The Hall–Kier alpha value is -4.66. The summed E-state index contributed by atoms with van der Waals surface area (Å²) in [6.07, 6.45) is 1.92. The Balaban J connectivity index is 2.24. The number of hydrogen-bond acceptors (Lipinski definition) is 8. The molecule has 0 bridgehead atoms.